The van der Waals surface area contributed by atoms with Crippen molar-refractivity contribution in [3.8, 4) is 0 Å². The van der Waals surface area contributed by atoms with E-state index < -0.39 is 11.6 Å². The Bertz CT molecular complexity index is 455. The lowest BCUT2D eigenvalue weighted by Gasteiger charge is -2.20. The van der Waals surface area contributed by atoms with E-state index in [4.69, 9.17) is 5.11 Å². The normalized spacial score (nSPS) is 10.9. The van der Waals surface area contributed by atoms with Gasteiger partial charge in [-0.05, 0) is 25.1 Å². The predicted octanol–water partition coefficient (Wildman–Crippen LogP) is 2.39. The van der Waals surface area contributed by atoms with Crippen LogP contribution in [0.2, 0.25) is 0 Å². The van der Waals surface area contributed by atoms with Crippen molar-refractivity contribution in [1.82, 2.24) is 4.90 Å². The molecule has 0 aliphatic rings. The fourth-order valence-electron chi connectivity index (χ4n) is 1.98. The summed E-state index contributed by atoms with van der Waals surface area (Å²) in [5, 5.41) is 11.4. The molecule has 1 aromatic rings. The number of carbonyl (C=O) groups excluding carboxylic acids is 1. The maximum Gasteiger partial charge on any atom is 0.238 e. The van der Waals surface area contributed by atoms with Gasteiger partial charge in [0, 0.05) is 12.6 Å². The average Bonchev–Trinajstić information content (AvgIpc) is 2.42. The van der Waals surface area contributed by atoms with E-state index in [0.29, 0.717) is 13.1 Å². The lowest BCUT2D eigenvalue weighted by molar-refractivity contribution is -0.117. The Hall–Kier alpha value is -1.53. The van der Waals surface area contributed by atoms with Gasteiger partial charge in [0.05, 0.1) is 18.8 Å². The van der Waals surface area contributed by atoms with Gasteiger partial charge < -0.3 is 10.4 Å². The van der Waals surface area contributed by atoms with Crippen molar-refractivity contribution in [3.63, 3.8) is 0 Å². The number of aliphatic hydroxyl groups excluding tert-OH is 1. The van der Waals surface area contributed by atoms with Crippen LogP contribution >= 0.6 is 0 Å². The lowest BCUT2D eigenvalue weighted by Crippen LogP contribution is -2.36. The maximum absolute atomic E-state index is 13.4. The Morgan fingerprint density at radius 1 is 1.29 bits per heavy atom. The van der Waals surface area contributed by atoms with Crippen molar-refractivity contribution in [3.05, 3.63) is 29.8 Å². The Morgan fingerprint density at radius 3 is 2.67 bits per heavy atom. The monoisotopic (exact) mass is 300 g/mol. The molecule has 4 nitrogen and oxygen atoms in total. The maximum atomic E-state index is 13.4. The second kappa shape index (κ2) is 9.41. The zero-order valence-corrected chi connectivity index (χ0v) is 12.2. The van der Waals surface area contributed by atoms with Gasteiger partial charge in [-0.15, -0.1) is 0 Å². The highest BCUT2D eigenvalue weighted by Crippen LogP contribution is 2.14. The molecule has 6 heteroatoms. The summed E-state index contributed by atoms with van der Waals surface area (Å²) < 4.78 is 26.2. The first-order chi connectivity index (χ1) is 10.1. The van der Waals surface area contributed by atoms with Crippen molar-refractivity contribution < 1.29 is 18.7 Å². The summed E-state index contributed by atoms with van der Waals surface area (Å²) in [5.41, 5.74) is -0.0427. The standard InChI is InChI=1S/C15H22F2N2O2/c1-2-3-4-7-19(8-9-20)11-15(21)18-14-6-5-12(16)10-13(14)17/h5-6,10,20H,2-4,7-9,11H2,1H3,(H,18,21). The van der Waals surface area contributed by atoms with Crippen LogP contribution in [0.5, 0.6) is 0 Å². The number of nitrogens with zero attached hydrogens (tertiary/aromatic N) is 1. The fourth-order valence-corrected chi connectivity index (χ4v) is 1.98. The molecule has 0 radical (unpaired) electrons. The fraction of sp³-hybridized carbons (Fsp3) is 0.533. The third-order valence-electron chi connectivity index (χ3n) is 3.07. The van der Waals surface area contributed by atoms with E-state index >= 15 is 0 Å². The molecule has 2 N–H and O–H groups in total. The van der Waals surface area contributed by atoms with Gasteiger partial charge in [-0.3, -0.25) is 9.69 Å². The van der Waals surface area contributed by atoms with Crippen LogP contribution in [0.4, 0.5) is 14.5 Å². The summed E-state index contributed by atoms with van der Waals surface area (Å²) in [6.45, 7) is 3.21. The van der Waals surface area contributed by atoms with Crippen molar-refractivity contribution >= 4 is 11.6 Å². The molecule has 0 fully saturated rings. The molecular weight excluding hydrogens is 278 g/mol. The SMILES string of the molecule is CCCCCN(CCO)CC(=O)Nc1ccc(F)cc1F. The molecule has 0 spiro atoms. The summed E-state index contributed by atoms with van der Waals surface area (Å²) in [6, 6.07) is 3.00. The largest absolute Gasteiger partial charge is 0.395 e. The van der Waals surface area contributed by atoms with Crippen LogP contribution in [-0.2, 0) is 4.79 Å². The Labute approximate surface area is 123 Å². The minimum Gasteiger partial charge on any atom is -0.395 e. The second-order valence-corrected chi connectivity index (χ2v) is 4.88. The number of amides is 1. The molecule has 0 saturated carbocycles. The van der Waals surface area contributed by atoms with Gasteiger partial charge in [-0.25, -0.2) is 8.78 Å². The van der Waals surface area contributed by atoms with Crippen LogP contribution in [0.25, 0.3) is 0 Å². The van der Waals surface area contributed by atoms with E-state index in [9.17, 15) is 13.6 Å². The minimum atomic E-state index is -0.803. The lowest BCUT2D eigenvalue weighted by atomic mass is 10.2. The van der Waals surface area contributed by atoms with Gasteiger partial charge in [0.15, 0.2) is 0 Å². The molecule has 0 bridgehead atoms. The van der Waals surface area contributed by atoms with E-state index in [1.165, 1.54) is 6.07 Å². The van der Waals surface area contributed by atoms with E-state index in [-0.39, 0.29) is 24.7 Å². The zero-order valence-electron chi connectivity index (χ0n) is 12.2. The number of aliphatic hydroxyl groups is 1. The zero-order chi connectivity index (χ0) is 15.7. The number of carbonyl (C=O) groups is 1. The van der Waals surface area contributed by atoms with Gasteiger partial charge in [-0.2, -0.15) is 0 Å². The smallest absolute Gasteiger partial charge is 0.238 e. The van der Waals surface area contributed by atoms with Gasteiger partial charge >= 0.3 is 0 Å². The van der Waals surface area contributed by atoms with Crippen LogP contribution in [0.3, 0.4) is 0 Å². The molecule has 0 heterocycles. The number of rotatable bonds is 9. The third kappa shape index (κ3) is 6.64. The summed E-state index contributed by atoms with van der Waals surface area (Å²) in [5.74, 6) is -1.87. The van der Waals surface area contributed by atoms with Crippen LogP contribution in [-0.4, -0.2) is 42.2 Å². The number of hydrogen-bond donors (Lipinski definition) is 2. The molecule has 21 heavy (non-hydrogen) atoms. The van der Waals surface area contributed by atoms with Crippen molar-refractivity contribution in [1.29, 1.82) is 0 Å². The van der Waals surface area contributed by atoms with Gasteiger partial charge in [0.25, 0.3) is 0 Å². The molecule has 0 saturated heterocycles. The van der Waals surface area contributed by atoms with E-state index in [0.717, 1.165) is 31.4 Å². The molecule has 0 aliphatic heterocycles. The molecule has 1 amide bonds. The van der Waals surface area contributed by atoms with E-state index in [1.807, 2.05) is 4.90 Å². The summed E-state index contributed by atoms with van der Waals surface area (Å²) in [6.07, 6.45) is 3.06. The highest BCUT2D eigenvalue weighted by atomic mass is 19.1. The summed E-state index contributed by atoms with van der Waals surface area (Å²) in [4.78, 5) is 13.7. The average molecular weight is 300 g/mol. The molecule has 0 aliphatic carbocycles. The highest BCUT2D eigenvalue weighted by Gasteiger charge is 2.12. The van der Waals surface area contributed by atoms with Crippen molar-refractivity contribution in [2.75, 3.05) is 31.6 Å². The van der Waals surface area contributed by atoms with Crippen molar-refractivity contribution in [2.45, 2.75) is 26.2 Å². The summed E-state index contributed by atoms with van der Waals surface area (Å²) in [7, 11) is 0. The first kappa shape index (κ1) is 17.5. The number of nitrogens with one attached hydrogen (secondary N) is 1. The number of anilines is 1. The number of hydrogen-bond acceptors (Lipinski definition) is 3. The van der Waals surface area contributed by atoms with Crippen molar-refractivity contribution in [2.24, 2.45) is 0 Å². The third-order valence-corrected chi connectivity index (χ3v) is 3.07. The molecule has 118 valence electrons. The highest BCUT2D eigenvalue weighted by molar-refractivity contribution is 5.92. The number of unbranched alkanes of at least 4 members (excludes halogenated alkanes) is 2. The summed E-state index contributed by atoms with van der Waals surface area (Å²) >= 11 is 0. The molecule has 0 aromatic heterocycles. The molecule has 1 rings (SSSR count). The Balaban J connectivity index is 2.52. The van der Waals surface area contributed by atoms with Crippen LogP contribution in [0.15, 0.2) is 18.2 Å². The quantitative estimate of drug-likeness (QED) is 0.689. The molecule has 0 atom stereocenters. The van der Waals surface area contributed by atoms with Gasteiger partial charge in [0.1, 0.15) is 11.6 Å². The predicted molar refractivity (Wildman–Crippen MR) is 78.0 cm³/mol. The minimum absolute atomic E-state index is 0.0374. The van der Waals surface area contributed by atoms with E-state index in [2.05, 4.69) is 12.2 Å². The van der Waals surface area contributed by atoms with Gasteiger partial charge in [-0.1, -0.05) is 19.8 Å². The number of benzene rings is 1. The molecule has 1 aromatic carbocycles. The molecular formula is C15H22F2N2O2. The topological polar surface area (TPSA) is 52.6 Å². The van der Waals surface area contributed by atoms with Crippen LogP contribution in [0, 0.1) is 11.6 Å². The molecule has 0 unspecified atom stereocenters. The van der Waals surface area contributed by atoms with Crippen LogP contribution < -0.4 is 5.32 Å². The number of halogens is 2. The second-order valence-electron chi connectivity index (χ2n) is 4.88. The van der Waals surface area contributed by atoms with Gasteiger partial charge in [0.2, 0.25) is 5.91 Å². The first-order valence-electron chi connectivity index (χ1n) is 7.15. The Morgan fingerprint density at radius 2 is 2.05 bits per heavy atom. The first-order valence-corrected chi connectivity index (χ1v) is 7.15. The van der Waals surface area contributed by atoms with Crippen LogP contribution in [0.1, 0.15) is 26.2 Å². The van der Waals surface area contributed by atoms with E-state index in [1.54, 1.807) is 0 Å². The Kier molecular flexibility index (Phi) is 7.85.